The van der Waals surface area contributed by atoms with Crippen molar-refractivity contribution in [2.24, 2.45) is 0 Å². The van der Waals surface area contributed by atoms with Crippen molar-refractivity contribution in [3.05, 3.63) is 18.1 Å². The monoisotopic (exact) mass is 224 g/mol. The van der Waals surface area contributed by atoms with Crippen molar-refractivity contribution in [3.63, 3.8) is 0 Å². The number of hydrogen-bond donors (Lipinski definition) is 2. The van der Waals surface area contributed by atoms with Crippen molar-refractivity contribution in [1.82, 2.24) is 15.3 Å². The number of nitrogens with one attached hydrogen (secondary N) is 2. The van der Waals surface area contributed by atoms with E-state index < -0.39 is 0 Å². The fourth-order valence-corrected chi connectivity index (χ4v) is 1.29. The van der Waals surface area contributed by atoms with Gasteiger partial charge in [-0.1, -0.05) is 0 Å². The van der Waals surface area contributed by atoms with Gasteiger partial charge in [0.15, 0.2) is 0 Å². The van der Waals surface area contributed by atoms with Gasteiger partial charge in [-0.3, -0.25) is 0 Å². The molecule has 0 spiro atoms. The maximum atomic E-state index is 4.98. The summed E-state index contributed by atoms with van der Waals surface area (Å²) in [6, 6.07) is 1.88. The van der Waals surface area contributed by atoms with Gasteiger partial charge in [0.25, 0.3) is 0 Å². The van der Waals surface area contributed by atoms with Crippen molar-refractivity contribution < 1.29 is 4.74 Å². The van der Waals surface area contributed by atoms with E-state index in [1.165, 1.54) is 0 Å². The molecule has 90 valence electrons. The van der Waals surface area contributed by atoms with E-state index in [2.05, 4.69) is 20.6 Å². The molecule has 0 saturated carbocycles. The number of methoxy groups -OCH3 is 1. The molecule has 0 amide bonds. The van der Waals surface area contributed by atoms with E-state index in [1.807, 2.05) is 13.1 Å². The second-order valence-electron chi connectivity index (χ2n) is 3.48. The third kappa shape index (κ3) is 5.04. The molecule has 0 saturated heterocycles. The SMILES string of the molecule is CNCCc1nccc(NCCCOC)n1. The number of rotatable bonds is 8. The van der Waals surface area contributed by atoms with Crippen molar-refractivity contribution >= 4 is 5.82 Å². The number of likely N-dealkylation sites (N-methyl/N-ethyl adjacent to an activating group) is 1. The van der Waals surface area contributed by atoms with Crippen molar-refractivity contribution in [3.8, 4) is 0 Å². The Morgan fingerprint density at radius 2 is 2.25 bits per heavy atom. The van der Waals surface area contributed by atoms with Crippen LogP contribution in [-0.4, -0.2) is 43.8 Å². The molecule has 0 radical (unpaired) electrons. The van der Waals surface area contributed by atoms with E-state index in [4.69, 9.17) is 4.74 Å². The lowest BCUT2D eigenvalue weighted by Gasteiger charge is -2.06. The minimum Gasteiger partial charge on any atom is -0.385 e. The second-order valence-corrected chi connectivity index (χ2v) is 3.48. The lowest BCUT2D eigenvalue weighted by Crippen LogP contribution is -2.13. The zero-order chi connectivity index (χ0) is 11.6. The molecular formula is C11H20N4O. The largest absolute Gasteiger partial charge is 0.385 e. The summed E-state index contributed by atoms with van der Waals surface area (Å²) in [6.07, 6.45) is 3.62. The average molecular weight is 224 g/mol. The molecule has 0 atom stereocenters. The van der Waals surface area contributed by atoms with Gasteiger partial charge in [-0.2, -0.15) is 0 Å². The standard InChI is InChI=1S/C11H20N4O/c1-12-7-4-10-14-8-5-11(15-10)13-6-3-9-16-2/h5,8,12H,3-4,6-7,9H2,1-2H3,(H,13,14,15). The Morgan fingerprint density at radius 1 is 1.38 bits per heavy atom. The van der Waals surface area contributed by atoms with E-state index in [-0.39, 0.29) is 0 Å². The van der Waals surface area contributed by atoms with Crippen LogP contribution in [0, 0.1) is 0 Å². The number of hydrogen-bond acceptors (Lipinski definition) is 5. The van der Waals surface area contributed by atoms with Gasteiger partial charge in [-0.15, -0.1) is 0 Å². The Balaban J connectivity index is 2.35. The van der Waals surface area contributed by atoms with Gasteiger partial charge in [0.05, 0.1) is 0 Å². The Kier molecular flexibility index (Phi) is 6.44. The second kappa shape index (κ2) is 8.01. The summed E-state index contributed by atoms with van der Waals surface area (Å²) < 4.78 is 4.98. The normalized spacial score (nSPS) is 10.4. The van der Waals surface area contributed by atoms with Gasteiger partial charge in [-0.25, -0.2) is 9.97 Å². The zero-order valence-corrected chi connectivity index (χ0v) is 9.99. The molecule has 2 N–H and O–H groups in total. The van der Waals surface area contributed by atoms with E-state index >= 15 is 0 Å². The van der Waals surface area contributed by atoms with Gasteiger partial charge in [0.1, 0.15) is 11.6 Å². The summed E-state index contributed by atoms with van der Waals surface area (Å²) in [7, 11) is 3.63. The van der Waals surface area contributed by atoms with Crippen LogP contribution in [0.4, 0.5) is 5.82 Å². The molecule has 1 rings (SSSR count). The van der Waals surface area contributed by atoms with Gasteiger partial charge in [0.2, 0.25) is 0 Å². The summed E-state index contributed by atoms with van der Waals surface area (Å²) in [6.45, 7) is 2.54. The van der Waals surface area contributed by atoms with E-state index in [0.29, 0.717) is 0 Å². The maximum Gasteiger partial charge on any atom is 0.131 e. The van der Waals surface area contributed by atoms with Crippen LogP contribution in [0.5, 0.6) is 0 Å². The third-order valence-corrected chi connectivity index (χ3v) is 2.14. The zero-order valence-electron chi connectivity index (χ0n) is 9.99. The van der Waals surface area contributed by atoms with Crippen LogP contribution in [0.25, 0.3) is 0 Å². The quantitative estimate of drug-likeness (QED) is 0.636. The average Bonchev–Trinajstić information content (AvgIpc) is 2.33. The third-order valence-electron chi connectivity index (χ3n) is 2.14. The van der Waals surface area contributed by atoms with Gasteiger partial charge < -0.3 is 15.4 Å². The predicted octanol–water partition coefficient (Wildman–Crippen LogP) is 0.687. The smallest absolute Gasteiger partial charge is 0.131 e. The van der Waals surface area contributed by atoms with Crippen LogP contribution in [0.2, 0.25) is 0 Å². The fourth-order valence-electron chi connectivity index (χ4n) is 1.29. The summed E-state index contributed by atoms with van der Waals surface area (Å²) in [5.41, 5.74) is 0. The lowest BCUT2D eigenvalue weighted by atomic mass is 10.4. The molecule has 0 aromatic carbocycles. The number of anilines is 1. The Labute approximate surface area is 96.6 Å². The van der Waals surface area contributed by atoms with Crippen LogP contribution < -0.4 is 10.6 Å². The van der Waals surface area contributed by atoms with Gasteiger partial charge in [0, 0.05) is 39.4 Å². The summed E-state index contributed by atoms with van der Waals surface area (Å²) in [5.74, 6) is 1.75. The first-order valence-electron chi connectivity index (χ1n) is 5.56. The van der Waals surface area contributed by atoms with Crippen LogP contribution in [-0.2, 0) is 11.2 Å². The van der Waals surface area contributed by atoms with Crippen molar-refractivity contribution in [1.29, 1.82) is 0 Å². The van der Waals surface area contributed by atoms with Crippen LogP contribution in [0.3, 0.4) is 0 Å². The summed E-state index contributed by atoms with van der Waals surface area (Å²) in [4.78, 5) is 8.61. The minimum absolute atomic E-state index is 0.769. The highest BCUT2D eigenvalue weighted by Gasteiger charge is 1.98. The molecule has 0 aliphatic heterocycles. The minimum atomic E-state index is 0.769. The first-order valence-corrected chi connectivity index (χ1v) is 5.56. The summed E-state index contributed by atoms with van der Waals surface area (Å²) >= 11 is 0. The molecule has 0 unspecified atom stereocenters. The topological polar surface area (TPSA) is 59.1 Å². The molecule has 5 nitrogen and oxygen atoms in total. The van der Waals surface area contributed by atoms with Crippen molar-refractivity contribution in [2.45, 2.75) is 12.8 Å². The fraction of sp³-hybridized carbons (Fsp3) is 0.636. The highest BCUT2D eigenvalue weighted by Crippen LogP contribution is 2.02. The Morgan fingerprint density at radius 3 is 3.00 bits per heavy atom. The first-order chi connectivity index (χ1) is 7.86. The van der Waals surface area contributed by atoms with Crippen molar-refractivity contribution in [2.75, 3.05) is 39.2 Å². The lowest BCUT2D eigenvalue weighted by molar-refractivity contribution is 0.198. The Hall–Kier alpha value is -1.20. The molecule has 0 bridgehead atoms. The molecule has 0 aliphatic carbocycles. The van der Waals surface area contributed by atoms with E-state index in [1.54, 1.807) is 13.3 Å². The first kappa shape index (κ1) is 12.9. The Bertz CT molecular complexity index is 293. The van der Waals surface area contributed by atoms with Crippen LogP contribution in [0.15, 0.2) is 12.3 Å². The maximum absolute atomic E-state index is 4.98. The number of nitrogens with zero attached hydrogens (tertiary/aromatic N) is 2. The predicted molar refractivity (Wildman–Crippen MR) is 64.6 cm³/mol. The number of ether oxygens (including phenoxy) is 1. The van der Waals surface area contributed by atoms with Gasteiger partial charge in [-0.05, 0) is 19.5 Å². The molecule has 5 heteroatoms. The van der Waals surface area contributed by atoms with E-state index in [9.17, 15) is 0 Å². The molecule has 0 fully saturated rings. The van der Waals surface area contributed by atoms with Crippen LogP contribution in [0.1, 0.15) is 12.2 Å². The highest BCUT2D eigenvalue weighted by atomic mass is 16.5. The van der Waals surface area contributed by atoms with Gasteiger partial charge >= 0.3 is 0 Å². The number of aromatic nitrogens is 2. The van der Waals surface area contributed by atoms with Crippen LogP contribution >= 0.6 is 0 Å². The molecule has 1 aromatic heterocycles. The molecule has 1 aromatic rings. The summed E-state index contributed by atoms with van der Waals surface area (Å²) in [5, 5.41) is 6.32. The molecular weight excluding hydrogens is 204 g/mol. The molecule has 0 aliphatic rings. The van der Waals surface area contributed by atoms with E-state index in [0.717, 1.165) is 44.2 Å². The molecule has 16 heavy (non-hydrogen) atoms. The highest BCUT2D eigenvalue weighted by molar-refractivity contribution is 5.32. The molecule has 1 heterocycles.